The number of Topliss-reactive ketones (excluding diaryl/α,β-unsaturated/α-hetero) is 1. The molecule has 0 saturated heterocycles. The van der Waals surface area contributed by atoms with Gasteiger partial charge in [-0.25, -0.2) is 0 Å². The highest BCUT2D eigenvalue weighted by Crippen LogP contribution is 2.43. The molecule has 0 spiro atoms. The number of carbonyl (C=O) groups is 2. The Hall–Kier alpha value is -3.28. The summed E-state index contributed by atoms with van der Waals surface area (Å²) in [7, 11) is 1.56. The normalized spacial score (nSPS) is 16.6. The molecule has 164 valence electrons. The second-order valence-corrected chi connectivity index (χ2v) is 8.53. The van der Waals surface area contributed by atoms with Gasteiger partial charge in [-0.1, -0.05) is 39.8 Å². The molecule has 6 nitrogen and oxygen atoms in total. The first-order valence-corrected chi connectivity index (χ1v) is 10.4. The number of anilines is 1. The van der Waals surface area contributed by atoms with E-state index in [1.54, 1.807) is 52.1 Å². The molecule has 2 aromatic rings. The van der Waals surface area contributed by atoms with Crippen LogP contribution in [0, 0.1) is 5.41 Å². The van der Waals surface area contributed by atoms with Crippen LogP contribution in [0.25, 0.3) is 0 Å². The maximum absolute atomic E-state index is 13.3. The molecule has 0 bridgehead atoms. The Morgan fingerprint density at radius 2 is 1.61 bits per heavy atom. The number of benzene rings is 2. The van der Waals surface area contributed by atoms with E-state index in [0.29, 0.717) is 29.4 Å². The Bertz CT molecular complexity index is 984. The minimum atomic E-state index is -0.762. The number of ketones is 1. The zero-order valence-electron chi connectivity index (χ0n) is 18.6. The first-order valence-electron chi connectivity index (χ1n) is 10.4. The van der Waals surface area contributed by atoms with Crippen molar-refractivity contribution in [1.29, 1.82) is 0 Å². The molecule has 0 saturated carbocycles. The standard InChI is InChI=1S/C25H29NO5/c1-6-15-31-19-11-7-16(8-12-19)21-20(23(28)25(2,3)4)22(27)24(29)26(21)17-9-13-18(30-5)14-10-17/h7-14,21,27H,6,15H2,1-5H3. The van der Waals surface area contributed by atoms with E-state index in [0.717, 1.165) is 6.42 Å². The van der Waals surface area contributed by atoms with Gasteiger partial charge in [-0.2, -0.15) is 0 Å². The summed E-state index contributed by atoms with van der Waals surface area (Å²) < 4.78 is 10.9. The molecule has 2 aromatic carbocycles. The zero-order chi connectivity index (χ0) is 22.8. The zero-order valence-corrected chi connectivity index (χ0v) is 18.6. The van der Waals surface area contributed by atoms with Gasteiger partial charge in [0.05, 0.1) is 25.3 Å². The molecular formula is C25H29NO5. The van der Waals surface area contributed by atoms with E-state index >= 15 is 0 Å². The predicted molar refractivity (Wildman–Crippen MR) is 120 cm³/mol. The lowest BCUT2D eigenvalue weighted by atomic mass is 9.82. The number of aliphatic hydroxyl groups excluding tert-OH is 1. The van der Waals surface area contributed by atoms with Crippen LogP contribution in [0.3, 0.4) is 0 Å². The van der Waals surface area contributed by atoms with Gasteiger partial charge < -0.3 is 14.6 Å². The Balaban J connectivity index is 2.10. The van der Waals surface area contributed by atoms with Crippen LogP contribution in [0.1, 0.15) is 45.7 Å². The van der Waals surface area contributed by atoms with Crippen LogP contribution in [0.5, 0.6) is 11.5 Å². The second-order valence-electron chi connectivity index (χ2n) is 8.53. The fourth-order valence-electron chi connectivity index (χ4n) is 3.53. The fraction of sp³-hybridized carbons (Fsp3) is 0.360. The Morgan fingerprint density at radius 3 is 2.13 bits per heavy atom. The first-order chi connectivity index (χ1) is 14.7. The van der Waals surface area contributed by atoms with Gasteiger partial charge in [0.25, 0.3) is 5.91 Å². The Morgan fingerprint density at radius 1 is 1.03 bits per heavy atom. The predicted octanol–water partition coefficient (Wildman–Crippen LogP) is 5.00. The summed E-state index contributed by atoms with van der Waals surface area (Å²) in [6.45, 7) is 7.95. The van der Waals surface area contributed by atoms with Gasteiger partial charge in [0.2, 0.25) is 0 Å². The molecular weight excluding hydrogens is 394 g/mol. The van der Waals surface area contributed by atoms with Crippen LogP contribution < -0.4 is 14.4 Å². The number of rotatable bonds is 7. The van der Waals surface area contributed by atoms with Crippen LogP contribution in [-0.4, -0.2) is 30.5 Å². The summed E-state index contributed by atoms with van der Waals surface area (Å²) in [4.78, 5) is 27.8. The van der Waals surface area contributed by atoms with Gasteiger partial charge in [0.1, 0.15) is 11.5 Å². The number of carbonyl (C=O) groups excluding carboxylic acids is 2. The maximum atomic E-state index is 13.3. The van der Waals surface area contributed by atoms with Gasteiger partial charge in [0.15, 0.2) is 11.5 Å². The van der Waals surface area contributed by atoms with Crippen molar-refractivity contribution >= 4 is 17.4 Å². The topological polar surface area (TPSA) is 76.1 Å². The van der Waals surface area contributed by atoms with Crippen LogP contribution in [0.2, 0.25) is 0 Å². The number of aliphatic hydroxyl groups is 1. The highest BCUT2D eigenvalue weighted by atomic mass is 16.5. The van der Waals surface area contributed by atoms with Crippen LogP contribution in [-0.2, 0) is 9.59 Å². The van der Waals surface area contributed by atoms with Gasteiger partial charge >= 0.3 is 0 Å². The molecule has 0 fully saturated rings. The summed E-state index contributed by atoms with van der Waals surface area (Å²) in [5.41, 5.74) is 0.618. The van der Waals surface area contributed by atoms with Crippen molar-refractivity contribution < 1.29 is 24.2 Å². The summed E-state index contributed by atoms with van der Waals surface area (Å²) in [5, 5.41) is 10.7. The summed E-state index contributed by atoms with van der Waals surface area (Å²) >= 11 is 0. The van der Waals surface area contributed by atoms with E-state index in [4.69, 9.17) is 9.47 Å². The monoisotopic (exact) mass is 423 g/mol. The minimum absolute atomic E-state index is 0.107. The maximum Gasteiger partial charge on any atom is 0.294 e. The molecule has 1 N–H and O–H groups in total. The van der Waals surface area contributed by atoms with Crippen LogP contribution >= 0.6 is 0 Å². The number of nitrogens with zero attached hydrogens (tertiary/aromatic N) is 1. The molecule has 0 aromatic heterocycles. The molecule has 1 atom stereocenters. The molecule has 6 heteroatoms. The van der Waals surface area contributed by atoms with Crippen molar-refractivity contribution in [3.05, 3.63) is 65.4 Å². The SMILES string of the molecule is CCCOc1ccc(C2C(C(=O)C(C)(C)C)=C(O)C(=O)N2c2ccc(OC)cc2)cc1. The van der Waals surface area contributed by atoms with E-state index < -0.39 is 23.1 Å². The Labute approximate surface area is 183 Å². The van der Waals surface area contributed by atoms with Crippen molar-refractivity contribution in [3.63, 3.8) is 0 Å². The molecule has 1 heterocycles. The molecule has 1 unspecified atom stereocenters. The van der Waals surface area contributed by atoms with Crippen molar-refractivity contribution in [2.45, 2.75) is 40.2 Å². The van der Waals surface area contributed by atoms with E-state index in [1.165, 1.54) is 4.90 Å². The molecule has 1 amide bonds. The molecule has 0 aliphatic carbocycles. The van der Waals surface area contributed by atoms with Crippen LogP contribution in [0.4, 0.5) is 5.69 Å². The van der Waals surface area contributed by atoms with Crippen molar-refractivity contribution in [2.75, 3.05) is 18.6 Å². The number of methoxy groups -OCH3 is 1. The first kappa shape index (κ1) is 22.4. The number of hydrogen-bond donors (Lipinski definition) is 1. The van der Waals surface area contributed by atoms with Crippen molar-refractivity contribution in [2.24, 2.45) is 5.41 Å². The highest BCUT2D eigenvalue weighted by molar-refractivity contribution is 6.17. The number of hydrogen-bond acceptors (Lipinski definition) is 5. The van der Waals surface area contributed by atoms with Crippen molar-refractivity contribution in [3.8, 4) is 11.5 Å². The molecule has 0 radical (unpaired) electrons. The smallest absolute Gasteiger partial charge is 0.294 e. The molecule has 1 aliphatic rings. The summed E-state index contributed by atoms with van der Waals surface area (Å²) in [5.74, 6) is -0.0258. The van der Waals surface area contributed by atoms with E-state index in [9.17, 15) is 14.7 Å². The molecule has 3 rings (SSSR count). The van der Waals surface area contributed by atoms with E-state index in [2.05, 4.69) is 0 Å². The third-order valence-electron chi connectivity index (χ3n) is 5.15. The quantitative estimate of drug-likeness (QED) is 0.678. The lowest BCUT2D eigenvalue weighted by Gasteiger charge is -2.29. The van der Waals surface area contributed by atoms with Gasteiger partial charge in [-0.15, -0.1) is 0 Å². The van der Waals surface area contributed by atoms with Crippen molar-refractivity contribution in [1.82, 2.24) is 0 Å². The largest absolute Gasteiger partial charge is 0.503 e. The van der Waals surface area contributed by atoms with Gasteiger partial charge in [-0.3, -0.25) is 14.5 Å². The molecule has 1 aliphatic heterocycles. The lowest BCUT2D eigenvalue weighted by Crippen LogP contribution is -2.32. The minimum Gasteiger partial charge on any atom is -0.503 e. The van der Waals surface area contributed by atoms with E-state index in [1.807, 2.05) is 31.2 Å². The van der Waals surface area contributed by atoms with Gasteiger partial charge in [0, 0.05) is 11.1 Å². The third kappa shape index (κ3) is 4.43. The average Bonchev–Trinajstić information content (AvgIpc) is 3.02. The van der Waals surface area contributed by atoms with E-state index in [-0.39, 0.29) is 11.4 Å². The second kappa shape index (κ2) is 8.84. The highest BCUT2D eigenvalue weighted by Gasteiger charge is 2.46. The fourth-order valence-corrected chi connectivity index (χ4v) is 3.53. The van der Waals surface area contributed by atoms with Crippen LogP contribution in [0.15, 0.2) is 59.9 Å². The average molecular weight is 424 g/mol. The van der Waals surface area contributed by atoms with Gasteiger partial charge in [-0.05, 0) is 48.4 Å². The number of amides is 1. The molecule has 31 heavy (non-hydrogen) atoms. The number of ether oxygens (including phenoxy) is 2. The summed E-state index contributed by atoms with van der Waals surface area (Å²) in [6, 6.07) is 13.5. The third-order valence-corrected chi connectivity index (χ3v) is 5.15. The Kier molecular flexibility index (Phi) is 6.39. The summed E-state index contributed by atoms with van der Waals surface area (Å²) in [6.07, 6.45) is 0.894. The lowest BCUT2D eigenvalue weighted by molar-refractivity contribution is -0.123.